The fourth-order valence-electron chi connectivity index (χ4n) is 0.506. The number of carbonyl (C=O) groups is 2. The topological polar surface area (TPSA) is 138 Å². The van der Waals surface area contributed by atoms with Crippen molar-refractivity contribution in [2.24, 2.45) is 15.4 Å². The van der Waals surface area contributed by atoms with Crippen LogP contribution in [-0.4, -0.2) is 30.5 Å². The molecule has 1 heterocycles. The van der Waals surface area contributed by atoms with E-state index in [-0.39, 0.29) is 0 Å². The van der Waals surface area contributed by atoms with Crippen LogP contribution in [-0.2, 0) is 19.9 Å². The Balaban J connectivity index is 2.77. The first-order valence-corrected chi connectivity index (χ1v) is 4.17. The molecule has 1 aliphatic rings. The molecule has 0 saturated heterocycles. The van der Waals surface area contributed by atoms with Gasteiger partial charge in [0.2, 0.25) is 5.71 Å². The van der Waals surface area contributed by atoms with Gasteiger partial charge in [0, 0.05) is 0 Å². The van der Waals surface area contributed by atoms with Crippen molar-refractivity contribution in [3.8, 4) is 0 Å². The molecule has 9 nitrogen and oxygen atoms in total. The number of rotatable bonds is 2. The first kappa shape index (κ1) is 9.41. The van der Waals surface area contributed by atoms with Gasteiger partial charge in [-0.1, -0.05) is 5.11 Å². The van der Waals surface area contributed by atoms with E-state index in [2.05, 4.69) is 15.4 Å². The maximum atomic E-state index is 10.7. The minimum Gasteiger partial charge on any atom is -0.269 e. The standard InChI is InChI=1S/C3H2N4O5S/c8-2-1(4-7-5-2)3(9)6-13(10,11)12/h(H,6,9)(H,10,11,12). The van der Waals surface area contributed by atoms with Crippen molar-refractivity contribution in [1.82, 2.24) is 4.72 Å². The maximum Gasteiger partial charge on any atom is 0.360 e. The van der Waals surface area contributed by atoms with Gasteiger partial charge >= 0.3 is 16.2 Å². The van der Waals surface area contributed by atoms with Crippen LogP contribution in [0.25, 0.3) is 0 Å². The van der Waals surface area contributed by atoms with Crippen molar-refractivity contribution in [2.45, 2.75) is 0 Å². The average molecular weight is 206 g/mol. The van der Waals surface area contributed by atoms with Crippen molar-refractivity contribution < 1.29 is 22.6 Å². The average Bonchev–Trinajstić information content (AvgIpc) is 2.30. The predicted octanol–water partition coefficient (Wildman–Crippen LogP) is -1.75. The van der Waals surface area contributed by atoms with Crippen LogP contribution in [0.5, 0.6) is 0 Å². The number of nitrogens with one attached hydrogen (secondary N) is 1. The largest absolute Gasteiger partial charge is 0.360 e. The Bertz CT molecular complexity index is 419. The summed E-state index contributed by atoms with van der Waals surface area (Å²) in [4.78, 5) is 21.3. The second kappa shape index (κ2) is 2.99. The molecule has 2 amide bonds. The van der Waals surface area contributed by atoms with Crippen LogP contribution in [0.15, 0.2) is 15.4 Å². The number of nitrogens with zero attached hydrogens (tertiary/aromatic N) is 3. The zero-order valence-electron chi connectivity index (χ0n) is 5.83. The third kappa shape index (κ3) is 2.38. The summed E-state index contributed by atoms with van der Waals surface area (Å²) >= 11 is 0. The minimum absolute atomic E-state index is 0.794. The first-order chi connectivity index (χ1) is 5.90. The highest BCUT2D eigenvalue weighted by Gasteiger charge is 2.26. The third-order valence-electron chi connectivity index (χ3n) is 0.920. The number of amides is 2. The zero-order chi connectivity index (χ0) is 10.1. The molecule has 10 heteroatoms. The molecule has 0 aromatic heterocycles. The van der Waals surface area contributed by atoms with Gasteiger partial charge in [-0.05, 0) is 5.22 Å². The molecule has 0 aliphatic carbocycles. The normalized spacial score (nSPS) is 15.8. The Morgan fingerprint density at radius 3 is 2.46 bits per heavy atom. The Labute approximate surface area is 71.4 Å². The lowest BCUT2D eigenvalue weighted by molar-refractivity contribution is -0.116. The summed E-state index contributed by atoms with van der Waals surface area (Å²) in [5.41, 5.74) is -0.794. The molecule has 0 aromatic rings. The molecule has 0 saturated carbocycles. The molecule has 0 unspecified atom stereocenters. The van der Waals surface area contributed by atoms with Crippen molar-refractivity contribution in [3.63, 3.8) is 0 Å². The molecular formula is C3H2N4O5S. The summed E-state index contributed by atoms with van der Waals surface area (Å²) < 4.78 is 29.5. The summed E-state index contributed by atoms with van der Waals surface area (Å²) in [7, 11) is -4.70. The Kier molecular flexibility index (Phi) is 2.16. The van der Waals surface area contributed by atoms with Gasteiger partial charge in [-0.25, -0.2) is 4.72 Å². The monoisotopic (exact) mass is 206 g/mol. The molecule has 0 bridgehead atoms. The van der Waals surface area contributed by atoms with Gasteiger partial charge in [-0.3, -0.25) is 14.1 Å². The van der Waals surface area contributed by atoms with Gasteiger partial charge in [0.1, 0.15) is 0 Å². The van der Waals surface area contributed by atoms with E-state index in [9.17, 15) is 18.0 Å². The fourth-order valence-corrected chi connectivity index (χ4v) is 0.837. The lowest BCUT2D eigenvalue weighted by atomic mass is 10.3. The van der Waals surface area contributed by atoms with Crippen LogP contribution < -0.4 is 4.72 Å². The van der Waals surface area contributed by atoms with Crippen LogP contribution in [0.2, 0.25) is 0 Å². The minimum atomic E-state index is -4.70. The van der Waals surface area contributed by atoms with Gasteiger partial charge in [0.05, 0.1) is 0 Å². The third-order valence-corrected chi connectivity index (χ3v) is 1.36. The fraction of sp³-hybridized carbons (Fsp3) is 0. The van der Waals surface area contributed by atoms with Crippen LogP contribution in [0.4, 0.5) is 0 Å². The van der Waals surface area contributed by atoms with Crippen molar-refractivity contribution in [1.29, 1.82) is 0 Å². The van der Waals surface area contributed by atoms with E-state index in [4.69, 9.17) is 4.55 Å². The van der Waals surface area contributed by atoms with Crippen LogP contribution in [0.1, 0.15) is 0 Å². The molecule has 1 aliphatic heterocycles. The van der Waals surface area contributed by atoms with Gasteiger partial charge in [0.15, 0.2) is 0 Å². The van der Waals surface area contributed by atoms with Crippen molar-refractivity contribution >= 4 is 27.8 Å². The summed E-state index contributed by atoms with van der Waals surface area (Å²) in [6.45, 7) is 0. The molecular weight excluding hydrogens is 204 g/mol. The van der Waals surface area contributed by atoms with Crippen LogP contribution in [0.3, 0.4) is 0 Å². The number of hydrogen-bond acceptors (Lipinski definition) is 6. The molecule has 70 valence electrons. The van der Waals surface area contributed by atoms with E-state index in [1.807, 2.05) is 0 Å². The summed E-state index contributed by atoms with van der Waals surface area (Å²) in [6, 6.07) is 0. The van der Waals surface area contributed by atoms with E-state index in [0.717, 1.165) is 4.72 Å². The molecule has 0 atom stereocenters. The summed E-state index contributed by atoms with van der Waals surface area (Å²) in [5, 5.41) is 8.58. The van der Waals surface area contributed by atoms with E-state index in [0.29, 0.717) is 0 Å². The quantitative estimate of drug-likeness (QED) is 0.516. The molecule has 0 radical (unpaired) electrons. The van der Waals surface area contributed by atoms with E-state index in [1.54, 1.807) is 0 Å². The number of hydrogen-bond donors (Lipinski definition) is 2. The SMILES string of the molecule is O=C1N=NN=C1C(=O)NS(=O)(=O)O. The first-order valence-electron chi connectivity index (χ1n) is 2.73. The van der Waals surface area contributed by atoms with Gasteiger partial charge in [-0.2, -0.15) is 8.42 Å². The second-order valence-corrected chi connectivity index (χ2v) is 3.00. The molecule has 0 spiro atoms. The van der Waals surface area contributed by atoms with Gasteiger partial charge in [0.25, 0.3) is 5.91 Å². The molecule has 1 rings (SSSR count). The summed E-state index contributed by atoms with van der Waals surface area (Å²) in [6.07, 6.45) is 0. The summed E-state index contributed by atoms with van der Waals surface area (Å²) in [5.74, 6) is -2.45. The Morgan fingerprint density at radius 2 is 2.08 bits per heavy atom. The molecule has 0 fully saturated rings. The van der Waals surface area contributed by atoms with Crippen LogP contribution in [0, 0.1) is 0 Å². The highest BCUT2D eigenvalue weighted by Crippen LogP contribution is 1.96. The van der Waals surface area contributed by atoms with E-state index < -0.39 is 27.8 Å². The van der Waals surface area contributed by atoms with Gasteiger partial charge in [-0.15, -0.1) is 5.10 Å². The van der Waals surface area contributed by atoms with Crippen molar-refractivity contribution in [2.75, 3.05) is 0 Å². The Morgan fingerprint density at radius 1 is 1.46 bits per heavy atom. The zero-order valence-corrected chi connectivity index (χ0v) is 6.65. The lowest BCUT2D eigenvalue weighted by Crippen LogP contribution is -2.37. The lowest BCUT2D eigenvalue weighted by Gasteiger charge is -1.96. The van der Waals surface area contributed by atoms with Gasteiger partial charge < -0.3 is 0 Å². The Hall–Kier alpha value is -1.68. The predicted molar refractivity (Wildman–Crippen MR) is 37.0 cm³/mol. The highest BCUT2D eigenvalue weighted by atomic mass is 32.2. The second-order valence-electron chi connectivity index (χ2n) is 1.85. The molecule has 0 aromatic carbocycles. The molecule has 13 heavy (non-hydrogen) atoms. The highest BCUT2D eigenvalue weighted by molar-refractivity contribution is 7.84. The molecule has 2 N–H and O–H groups in total. The van der Waals surface area contributed by atoms with Crippen molar-refractivity contribution in [3.05, 3.63) is 0 Å². The van der Waals surface area contributed by atoms with E-state index >= 15 is 0 Å². The maximum absolute atomic E-state index is 10.7. The van der Waals surface area contributed by atoms with Crippen LogP contribution >= 0.6 is 0 Å². The smallest absolute Gasteiger partial charge is 0.269 e. The number of carbonyl (C=O) groups excluding carboxylic acids is 2. The van der Waals surface area contributed by atoms with E-state index in [1.165, 1.54) is 0 Å².